The summed E-state index contributed by atoms with van der Waals surface area (Å²) >= 11 is 2.86. The van der Waals surface area contributed by atoms with E-state index in [1.54, 1.807) is 17.4 Å². The highest BCUT2D eigenvalue weighted by Gasteiger charge is 2.14. The maximum Gasteiger partial charge on any atom is 0.258 e. The summed E-state index contributed by atoms with van der Waals surface area (Å²) in [5.41, 5.74) is 1.35. The smallest absolute Gasteiger partial charge is 0.258 e. The van der Waals surface area contributed by atoms with Crippen LogP contribution in [0.3, 0.4) is 0 Å². The third kappa shape index (κ3) is 2.44. The number of nitrogens with zero attached hydrogens (tertiary/aromatic N) is 1. The monoisotopic (exact) mass is 306 g/mol. The van der Waals surface area contributed by atoms with E-state index in [1.807, 2.05) is 19.9 Å². The van der Waals surface area contributed by atoms with E-state index >= 15 is 0 Å². The second kappa shape index (κ2) is 4.96. The molecule has 102 valence electrons. The van der Waals surface area contributed by atoms with E-state index in [9.17, 15) is 9.18 Å². The van der Waals surface area contributed by atoms with Crippen molar-refractivity contribution < 1.29 is 9.18 Å². The fourth-order valence-electron chi connectivity index (χ4n) is 1.97. The number of amides is 1. The van der Waals surface area contributed by atoms with Crippen LogP contribution in [0.2, 0.25) is 0 Å². The lowest BCUT2D eigenvalue weighted by Crippen LogP contribution is -2.11. The minimum Gasteiger partial charge on any atom is -0.298 e. The maximum absolute atomic E-state index is 13.1. The molecule has 3 aromatic rings. The molecule has 0 aliphatic carbocycles. The van der Waals surface area contributed by atoms with Crippen LogP contribution in [0.15, 0.2) is 24.3 Å². The third-order valence-electron chi connectivity index (χ3n) is 2.86. The molecule has 0 spiro atoms. The van der Waals surface area contributed by atoms with Gasteiger partial charge in [-0.2, -0.15) is 0 Å². The zero-order valence-electron chi connectivity index (χ0n) is 10.9. The van der Waals surface area contributed by atoms with Gasteiger partial charge in [0.25, 0.3) is 5.91 Å². The van der Waals surface area contributed by atoms with Gasteiger partial charge in [0, 0.05) is 9.75 Å². The van der Waals surface area contributed by atoms with Crippen LogP contribution in [-0.4, -0.2) is 10.9 Å². The van der Waals surface area contributed by atoms with E-state index in [1.165, 1.54) is 23.5 Å². The lowest BCUT2D eigenvalue weighted by molar-refractivity contribution is 0.102. The standard InChI is InChI=1S/C14H11FN2OS2/c1-7-5-10(8(2)19-7)13(18)17-14-16-11-4-3-9(15)6-12(11)20-14/h3-6H,1-2H3,(H,16,17,18). The lowest BCUT2D eigenvalue weighted by atomic mass is 10.2. The first-order chi connectivity index (χ1) is 9.52. The minimum atomic E-state index is -0.302. The summed E-state index contributed by atoms with van der Waals surface area (Å²) in [5.74, 6) is -0.477. The molecule has 0 aliphatic heterocycles. The van der Waals surface area contributed by atoms with Crippen molar-refractivity contribution in [1.82, 2.24) is 4.98 Å². The highest BCUT2D eigenvalue weighted by Crippen LogP contribution is 2.28. The number of carbonyl (C=O) groups is 1. The van der Waals surface area contributed by atoms with E-state index in [2.05, 4.69) is 10.3 Å². The van der Waals surface area contributed by atoms with E-state index in [4.69, 9.17) is 0 Å². The number of carbonyl (C=O) groups excluding carboxylic acids is 1. The average molecular weight is 306 g/mol. The van der Waals surface area contributed by atoms with Gasteiger partial charge in [-0.1, -0.05) is 11.3 Å². The van der Waals surface area contributed by atoms with Crippen molar-refractivity contribution >= 4 is 43.9 Å². The molecule has 0 unspecified atom stereocenters. The molecule has 0 saturated carbocycles. The molecule has 1 aromatic carbocycles. The summed E-state index contributed by atoms with van der Waals surface area (Å²) in [6.07, 6.45) is 0. The molecule has 3 rings (SSSR count). The van der Waals surface area contributed by atoms with Gasteiger partial charge >= 0.3 is 0 Å². The minimum absolute atomic E-state index is 0.175. The summed E-state index contributed by atoms with van der Waals surface area (Å²) < 4.78 is 13.8. The molecule has 6 heteroatoms. The van der Waals surface area contributed by atoms with Crippen LogP contribution in [0, 0.1) is 19.7 Å². The lowest BCUT2D eigenvalue weighted by Gasteiger charge is -1.99. The fourth-order valence-corrected chi connectivity index (χ4v) is 3.78. The van der Waals surface area contributed by atoms with Crippen molar-refractivity contribution in [2.45, 2.75) is 13.8 Å². The van der Waals surface area contributed by atoms with E-state index in [0.717, 1.165) is 14.5 Å². The van der Waals surface area contributed by atoms with Crippen molar-refractivity contribution in [3.63, 3.8) is 0 Å². The van der Waals surface area contributed by atoms with Gasteiger partial charge in [0.05, 0.1) is 15.8 Å². The summed E-state index contributed by atoms with van der Waals surface area (Å²) in [4.78, 5) is 18.5. The quantitative estimate of drug-likeness (QED) is 0.764. The van der Waals surface area contributed by atoms with Gasteiger partial charge in [-0.15, -0.1) is 11.3 Å². The van der Waals surface area contributed by atoms with E-state index in [0.29, 0.717) is 16.2 Å². The van der Waals surface area contributed by atoms with Gasteiger partial charge < -0.3 is 0 Å². The molecule has 2 aromatic heterocycles. The first-order valence-corrected chi connectivity index (χ1v) is 7.61. The highest BCUT2D eigenvalue weighted by atomic mass is 32.1. The number of fused-ring (bicyclic) bond motifs is 1. The van der Waals surface area contributed by atoms with Crippen molar-refractivity contribution in [3.05, 3.63) is 45.4 Å². The number of hydrogen-bond acceptors (Lipinski definition) is 4. The summed E-state index contributed by atoms with van der Waals surface area (Å²) in [6, 6.07) is 6.25. The number of thiazole rings is 1. The fraction of sp³-hybridized carbons (Fsp3) is 0.143. The Morgan fingerprint density at radius 3 is 2.75 bits per heavy atom. The first kappa shape index (κ1) is 13.2. The molecule has 1 N–H and O–H groups in total. The van der Waals surface area contributed by atoms with E-state index < -0.39 is 0 Å². The van der Waals surface area contributed by atoms with Gasteiger partial charge in [0.1, 0.15) is 5.82 Å². The molecule has 0 atom stereocenters. The number of anilines is 1. The first-order valence-electron chi connectivity index (χ1n) is 5.97. The highest BCUT2D eigenvalue weighted by molar-refractivity contribution is 7.22. The number of aromatic nitrogens is 1. The van der Waals surface area contributed by atoms with Gasteiger partial charge in [-0.05, 0) is 38.1 Å². The third-order valence-corrected chi connectivity index (χ3v) is 4.76. The number of halogens is 1. The molecular formula is C14H11FN2OS2. The number of thiophene rings is 1. The molecule has 0 radical (unpaired) electrons. The van der Waals surface area contributed by atoms with Gasteiger partial charge in [0.2, 0.25) is 0 Å². The SMILES string of the molecule is Cc1cc(C(=O)Nc2nc3ccc(F)cc3s2)c(C)s1. The zero-order chi connectivity index (χ0) is 14.3. The van der Waals surface area contributed by atoms with Gasteiger partial charge in [-0.3, -0.25) is 10.1 Å². The zero-order valence-corrected chi connectivity index (χ0v) is 12.5. The van der Waals surface area contributed by atoms with Crippen molar-refractivity contribution in [2.75, 3.05) is 5.32 Å². The van der Waals surface area contributed by atoms with Crippen molar-refractivity contribution in [2.24, 2.45) is 0 Å². The normalized spacial score (nSPS) is 10.9. The Morgan fingerprint density at radius 2 is 2.05 bits per heavy atom. The molecule has 0 bridgehead atoms. The summed E-state index contributed by atoms with van der Waals surface area (Å²) in [5, 5.41) is 3.26. The van der Waals surface area contributed by atoms with Crippen molar-refractivity contribution in [3.8, 4) is 0 Å². The number of hydrogen-bond donors (Lipinski definition) is 1. The average Bonchev–Trinajstić information content (AvgIpc) is 2.91. The van der Waals surface area contributed by atoms with Crippen LogP contribution in [0.5, 0.6) is 0 Å². The Hall–Kier alpha value is -1.79. The maximum atomic E-state index is 13.1. The number of aryl methyl sites for hydroxylation is 2. The van der Waals surface area contributed by atoms with Crippen LogP contribution < -0.4 is 5.32 Å². The summed E-state index contributed by atoms with van der Waals surface area (Å²) in [6.45, 7) is 3.88. The molecule has 2 heterocycles. The van der Waals surface area contributed by atoms with Crippen LogP contribution in [0.4, 0.5) is 9.52 Å². The van der Waals surface area contributed by atoms with Gasteiger partial charge in [0.15, 0.2) is 5.13 Å². The van der Waals surface area contributed by atoms with Crippen LogP contribution in [-0.2, 0) is 0 Å². The second-order valence-corrected chi connectivity index (χ2v) is 6.90. The Kier molecular flexibility index (Phi) is 3.27. The molecule has 0 saturated heterocycles. The number of nitrogens with one attached hydrogen (secondary N) is 1. The van der Waals surface area contributed by atoms with Crippen molar-refractivity contribution in [1.29, 1.82) is 0 Å². The molecule has 0 aliphatic rings. The topological polar surface area (TPSA) is 42.0 Å². The Bertz CT molecular complexity index is 807. The molecular weight excluding hydrogens is 295 g/mol. The van der Waals surface area contributed by atoms with E-state index in [-0.39, 0.29) is 11.7 Å². The molecule has 0 fully saturated rings. The second-order valence-electron chi connectivity index (χ2n) is 4.41. The molecule has 1 amide bonds. The van der Waals surface area contributed by atoms with Crippen LogP contribution in [0.1, 0.15) is 20.1 Å². The van der Waals surface area contributed by atoms with Crippen LogP contribution >= 0.6 is 22.7 Å². The van der Waals surface area contributed by atoms with Crippen LogP contribution in [0.25, 0.3) is 10.2 Å². The van der Waals surface area contributed by atoms with Gasteiger partial charge in [-0.25, -0.2) is 9.37 Å². The summed E-state index contributed by atoms with van der Waals surface area (Å²) in [7, 11) is 0. The number of benzene rings is 1. The number of rotatable bonds is 2. The Labute approximate surface area is 123 Å². The largest absolute Gasteiger partial charge is 0.298 e. The molecule has 3 nitrogen and oxygen atoms in total. The predicted molar refractivity (Wildman–Crippen MR) is 81.3 cm³/mol. The predicted octanol–water partition coefficient (Wildman–Crippen LogP) is 4.37. The Balaban J connectivity index is 1.89. The Morgan fingerprint density at radius 1 is 1.25 bits per heavy atom. The molecule has 20 heavy (non-hydrogen) atoms.